The standard InChI is InChI=1S/C23H26N6O4/c24-13-16(22(31)26-14-17-4-3-11-33-17)12-18-21(28-9-6-15(7-10-28)20(25)30)27-19-5-1-2-8-29(19)23(18)32/h1-2,5,8,12,15,17H,3-4,6-7,9-11,14H2,(H2,25,30)(H,26,31). The van der Waals surface area contributed by atoms with Crippen LogP contribution in [0.4, 0.5) is 5.82 Å². The molecule has 2 saturated heterocycles. The Morgan fingerprint density at radius 2 is 2.09 bits per heavy atom. The van der Waals surface area contributed by atoms with Gasteiger partial charge < -0.3 is 20.7 Å². The smallest absolute Gasteiger partial charge is 0.267 e. The Balaban J connectivity index is 1.68. The summed E-state index contributed by atoms with van der Waals surface area (Å²) in [6.07, 6.45) is 5.71. The minimum absolute atomic E-state index is 0.0658. The predicted octanol–water partition coefficient (Wildman–Crippen LogP) is 0.598. The Bertz CT molecular complexity index is 1180. The number of aromatic nitrogens is 2. The molecule has 4 heterocycles. The Kier molecular flexibility index (Phi) is 6.70. The van der Waals surface area contributed by atoms with Crippen LogP contribution in [0.15, 0.2) is 34.8 Å². The molecule has 1 unspecified atom stereocenters. The lowest BCUT2D eigenvalue weighted by Gasteiger charge is -2.32. The number of amides is 2. The summed E-state index contributed by atoms with van der Waals surface area (Å²) in [5.74, 6) is -0.742. The number of piperidine rings is 1. The average Bonchev–Trinajstić information content (AvgIpc) is 3.36. The van der Waals surface area contributed by atoms with Gasteiger partial charge in [-0.3, -0.25) is 18.8 Å². The van der Waals surface area contributed by atoms with Crippen molar-refractivity contribution in [1.29, 1.82) is 5.26 Å². The van der Waals surface area contributed by atoms with Crippen molar-refractivity contribution in [2.45, 2.75) is 31.8 Å². The molecular weight excluding hydrogens is 424 g/mol. The number of ether oxygens (including phenoxy) is 1. The Labute approximate surface area is 190 Å². The van der Waals surface area contributed by atoms with Crippen molar-refractivity contribution in [3.8, 4) is 6.07 Å². The van der Waals surface area contributed by atoms with Crippen LogP contribution in [0.1, 0.15) is 31.2 Å². The van der Waals surface area contributed by atoms with E-state index in [0.717, 1.165) is 12.8 Å². The molecule has 2 amide bonds. The Hall–Kier alpha value is -3.71. The lowest BCUT2D eigenvalue weighted by atomic mass is 9.96. The first-order chi connectivity index (χ1) is 16.0. The van der Waals surface area contributed by atoms with Crippen LogP contribution in [0, 0.1) is 17.2 Å². The van der Waals surface area contributed by atoms with E-state index in [9.17, 15) is 19.6 Å². The molecule has 0 spiro atoms. The zero-order chi connectivity index (χ0) is 23.4. The monoisotopic (exact) mass is 450 g/mol. The summed E-state index contributed by atoms with van der Waals surface area (Å²) in [4.78, 5) is 44.1. The number of hydrogen-bond acceptors (Lipinski definition) is 7. The lowest BCUT2D eigenvalue weighted by molar-refractivity contribution is -0.122. The minimum atomic E-state index is -0.566. The number of nitriles is 1. The molecule has 1 atom stereocenters. The van der Waals surface area contributed by atoms with Crippen molar-refractivity contribution in [3.63, 3.8) is 0 Å². The number of hydrogen-bond donors (Lipinski definition) is 2. The van der Waals surface area contributed by atoms with Crippen LogP contribution in [0.5, 0.6) is 0 Å². The van der Waals surface area contributed by atoms with Crippen molar-refractivity contribution in [1.82, 2.24) is 14.7 Å². The normalized spacial score (nSPS) is 19.4. The van der Waals surface area contributed by atoms with Crippen LogP contribution >= 0.6 is 0 Å². The van der Waals surface area contributed by atoms with Gasteiger partial charge in [-0.2, -0.15) is 5.26 Å². The van der Waals surface area contributed by atoms with Gasteiger partial charge in [-0.1, -0.05) is 6.07 Å². The second-order valence-electron chi connectivity index (χ2n) is 8.26. The topological polar surface area (TPSA) is 143 Å². The maximum atomic E-state index is 13.3. The van der Waals surface area contributed by atoms with Gasteiger partial charge in [-0.25, -0.2) is 4.98 Å². The third kappa shape index (κ3) is 4.88. The number of carbonyl (C=O) groups excluding carboxylic acids is 2. The van der Waals surface area contributed by atoms with Gasteiger partial charge in [0, 0.05) is 38.4 Å². The molecular formula is C23H26N6O4. The zero-order valence-electron chi connectivity index (χ0n) is 18.2. The third-order valence-corrected chi connectivity index (χ3v) is 6.11. The largest absolute Gasteiger partial charge is 0.376 e. The van der Waals surface area contributed by atoms with Crippen molar-refractivity contribution < 1.29 is 14.3 Å². The molecule has 33 heavy (non-hydrogen) atoms. The number of anilines is 1. The van der Waals surface area contributed by atoms with Gasteiger partial charge in [0.1, 0.15) is 23.1 Å². The van der Waals surface area contributed by atoms with Gasteiger partial charge in [-0.15, -0.1) is 0 Å². The highest BCUT2D eigenvalue weighted by Gasteiger charge is 2.27. The molecule has 2 aromatic rings. The molecule has 3 N–H and O–H groups in total. The third-order valence-electron chi connectivity index (χ3n) is 6.11. The number of primary amides is 1. The molecule has 0 saturated carbocycles. The molecule has 0 bridgehead atoms. The van der Waals surface area contributed by atoms with Gasteiger partial charge in [0.25, 0.3) is 11.5 Å². The van der Waals surface area contributed by atoms with Crippen molar-refractivity contribution in [2.75, 3.05) is 31.1 Å². The highest BCUT2D eigenvalue weighted by molar-refractivity contribution is 6.02. The molecule has 0 radical (unpaired) electrons. The van der Waals surface area contributed by atoms with Crippen molar-refractivity contribution in [2.24, 2.45) is 11.7 Å². The maximum absolute atomic E-state index is 13.3. The number of nitrogens with zero attached hydrogens (tertiary/aromatic N) is 4. The molecule has 2 aromatic heterocycles. The fraction of sp³-hybridized carbons (Fsp3) is 0.435. The summed E-state index contributed by atoms with van der Waals surface area (Å²) >= 11 is 0. The van der Waals surface area contributed by atoms with Crippen LogP contribution < -0.4 is 21.5 Å². The summed E-state index contributed by atoms with van der Waals surface area (Å²) in [7, 11) is 0. The number of nitrogens with two attached hydrogens (primary N) is 1. The summed E-state index contributed by atoms with van der Waals surface area (Å²) in [5, 5.41) is 12.4. The van der Waals surface area contributed by atoms with Crippen LogP contribution in [0.25, 0.3) is 11.7 Å². The van der Waals surface area contributed by atoms with Gasteiger partial charge >= 0.3 is 0 Å². The Morgan fingerprint density at radius 3 is 2.76 bits per heavy atom. The Morgan fingerprint density at radius 1 is 1.30 bits per heavy atom. The number of nitrogens with one attached hydrogen (secondary N) is 1. The first-order valence-corrected chi connectivity index (χ1v) is 11.0. The minimum Gasteiger partial charge on any atom is -0.376 e. The number of pyridine rings is 1. The quantitative estimate of drug-likeness (QED) is 0.484. The van der Waals surface area contributed by atoms with E-state index in [1.54, 1.807) is 24.4 Å². The van der Waals surface area contributed by atoms with E-state index in [1.165, 1.54) is 10.5 Å². The first-order valence-electron chi connectivity index (χ1n) is 11.0. The number of carbonyl (C=O) groups is 2. The molecule has 10 heteroatoms. The van der Waals surface area contributed by atoms with Gasteiger partial charge in [0.15, 0.2) is 0 Å². The van der Waals surface area contributed by atoms with E-state index in [0.29, 0.717) is 50.5 Å². The predicted molar refractivity (Wildman–Crippen MR) is 121 cm³/mol. The lowest BCUT2D eigenvalue weighted by Crippen LogP contribution is -2.40. The van der Waals surface area contributed by atoms with Crippen LogP contribution in [0.2, 0.25) is 0 Å². The summed E-state index contributed by atoms with van der Waals surface area (Å²) in [6, 6.07) is 7.11. The van der Waals surface area contributed by atoms with Gasteiger partial charge in [0.05, 0.1) is 11.7 Å². The first kappa shape index (κ1) is 22.5. The van der Waals surface area contributed by atoms with Crippen LogP contribution in [-0.2, 0) is 14.3 Å². The molecule has 2 aliphatic rings. The van der Waals surface area contributed by atoms with E-state index in [2.05, 4.69) is 10.3 Å². The van der Waals surface area contributed by atoms with E-state index in [4.69, 9.17) is 10.5 Å². The summed E-state index contributed by atoms with van der Waals surface area (Å²) < 4.78 is 6.89. The molecule has 2 aliphatic heterocycles. The highest BCUT2D eigenvalue weighted by atomic mass is 16.5. The average molecular weight is 450 g/mol. The van der Waals surface area contributed by atoms with E-state index >= 15 is 0 Å². The van der Waals surface area contributed by atoms with E-state index in [-0.39, 0.29) is 34.6 Å². The highest BCUT2D eigenvalue weighted by Crippen LogP contribution is 2.25. The SMILES string of the molecule is N#CC(=Cc1c(N2CCC(C(N)=O)CC2)nc2ccccn2c1=O)C(=O)NCC1CCCO1. The second-order valence-corrected chi connectivity index (χ2v) is 8.26. The van der Waals surface area contributed by atoms with E-state index in [1.807, 2.05) is 11.0 Å². The van der Waals surface area contributed by atoms with Crippen molar-refractivity contribution >= 4 is 29.4 Å². The molecule has 172 valence electrons. The molecule has 4 rings (SSSR count). The second kappa shape index (κ2) is 9.83. The summed E-state index contributed by atoms with van der Waals surface area (Å²) in [5.41, 5.74) is 5.48. The van der Waals surface area contributed by atoms with Crippen LogP contribution in [0.3, 0.4) is 0 Å². The fourth-order valence-electron chi connectivity index (χ4n) is 4.23. The molecule has 2 fully saturated rings. The maximum Gasteiger partial charge on any atom is 0.267 e. The fourth-order valence-corrected chi connectivity index (χ4v) is 4.23. The number of fused-ring (bicyclic) bond motifs is 1. The number of rotatable bonds is 6. The molecule has 10 nitrogen and oxygen atoms in total. The summed E-state index contributed by atoms with van der Waals surface area (Å²) in [6.45, 7) is 1.94. The van der Waals surface area contributed by atoms with Crippen LogP contribution in [-0.4, -0.2) is 53.5 Å². The van der Waals surface area contributed by atoms with E-state index < -0.39 is 5.91 Å². The van der Waals surface area contributed by atoms with Gasteiger partial charge in [-0.05, 0) is 43.9 Å². The molecule has 0 aromatic carbocycles. The van der Waals surface area contributed by atoms with Gasteiger partial charge in [0.2, 0.25) is 5.91 Å². The zero-order valence-corrected chi connectivity index (χ0v) is 18.2. The molecule has 0 aliphatic carbocycles. The van der Waals surface area contributed by atoms with Crippen molar-refractivity contribution in [3.05, 3.63) is 45.9 Å².